The molecule has 0 N–H and O–H groups in total. The van der Waals surface area contributed by atoms with Gasteiger partial charge in [-0.05, 0) is 75.5 Å². The first-order chi connectivity index (χ1) is 9.42. The topological polar surface area (TPSA) is 0 Å². The summed E-state index contributed by atoms with van der Waals surface area (Å²) in [5, 5.41) is 0. The molecule has 2 aliphatic carbocycles. The van der Waals surface area contributed by atoms with Crippen molar-refractivity contribution < 1.29 is 0 Å². The van der Waals surface area contributed by atoms with Crippen LogP contribution < -0.4 is 0 Å². The fourth-order valence-electron chi connectivity index (χ4n) is 4.20. The Morgan fingerprint density at radius 1 is 1.30 bits per heavy atom. The third-order valence-corrected chi connectivity index (χ3v) is 5.73. The molecule has 2 rings (SSSR count). The van der Waals surface area contributed by atoms with Gasteiger partial charge in [-0.1, -0.05) is 49.8 Å². The zero-order chi connectivity index (χ0) is 14.8. The summed E-state index contributed by atoms with van der Waals surface area (Å²) < 4.78 is 0. The van der Waals surface area contributed by atoms with Crippen LogP contribution in [0.2, 0.25) is 0 Å². The maximum atomic E-state index is 4.27. The molecule has 4 atom stereocenters. The Labute approximate surface area is 126 Å². The molecule has 0 amide bonds. The highest BCUT2D eigenvalue weighted by Crippen LogP contribution is 2.52. The molecule has 0 aromatic carbocycles. The van der Waals surface area contributed by atoms with Crippen molar-refractivity contribution in [3.63, 3.8) is 0 Å². The van der Waals surface area contributed by atoms with Crippen LogP contribution in [0, 0.1) is 23.2 Å². The van der Waals surface area contributed by atoms with Crippen LogP contribution in [0.4, 0.5) is 0 Å². The average molecular weight is 272 g/mol. The predicted molar refractivity (Wildman–Crippen MR) is 89.7 cm³/mol. The predicted octanol–water partition coefficient (Wildman–Crippen LogP) is 6.31. The molecule has 0 heterocycles. The van der Waals surface area contributed by atoms with Crippen molar-refractivity contribution in [2.45, 2.75) is 66.2 Å². The standard InChI is InChI=1S/C20H32/c1-15(2)18-12-14-20(5)13-11-17(4)8-6-7-16(3)9-10-19(18)20/h7,11,13,17-19H,1,6,8-10,12,14H2,2-5H3/b13-11+,16-7?/t17-,18+,19+,20+/m1/s1. The second-order valence-corrected chi connectivity index (χ2v) is 7.61. The molecule has 0 heteroatoms. The number of allylic oxidation sites excluding steroid dienone is 5. The Balaban J connectivity index is 2.27. The van der Waals surface area contributed by atoms with E-state index in [0.717, 1.165) is 11.8 Å². The molecule has 0 unspecified atom stereocenters. The summed E-state index contributed by atoms with van der Waals surface area (Å²) in [4.78, 5) is 0. The molecule has 0 spiro atoms. The normalized spacial score (nSPS) is 40.4. The highest BCUT2D eigenvalue weighted by molar-refractivity contribution is 5.15. The van der Waals surface area contributed by atoms with E-state index in [1.54, 1.807) is 5.57 Å². The van der Waals surface area contributed by atoms with Gasteiger partial charge in [0.1, 0.15) is 0 Å². The highest BCUT2D eigenvalue weighted by atomic mass is 14.5. The van der Waals surface area contributed by atoms with E-state index >= 15 is 0 Å². The van der Waals surface area contributed by atoms with Crippen molar-refractivity contribution in [1.82, 2.24) is 0 Å². The van der Waals surface area contributed by atoms with Crippen molar-refractivity contribution in [2.75, 3.05) is 0 Å². The monoisotopic (exact) mass is 272 g/mol. The van der Waals surface area contributed by atoms with E-state index in [1.165, 1.54) is 44.1 Å². The van der Waals surface area contributed by atoms with Gasteiger partial charge in [-0.25, -0.2) is 0 Å². The Morgan fingerprint density at radius 2 is 2.05 bits per heavy atom. The van der Waals surface area contributed by atoms with Gasteiger partial charge < -0.3 is 0 Å². The summed E-state index contributed by atoms with van der Waals surface area (Å²) in [5.74, 6) is 2.22. The first-order valence-electron chi connectivity index (χ1n) is 8.43. The van der Waals surface area contributed by atoms with Crippen molar-refractivity contribution in [2.24, 2.45) is 23.2 Å². The summed E-state index contributed by atoms with van der Waals surface area (Å²) in [7, 11) is 0. The Bertz CT molecular complexity index is 412. The lowest BCUT2D eigenvalue weighted by Crippen LogP contribution is -2.24. The molecular weight excluding hydrogens is 240 g/mol. The molecule has 2 aliphatic rings. The Kier molecular flexibility index (Phi) is 4.94. The second-order valence-electron chi connectivity index (χ2n) is 7.61. The van der Waals surface area contributed by atoms with Gasteiger partial charge in [0, 0.05) is 0 Å². The quantitative estimate of drug-likeness (QED) is 0.491. The van der Waals surface area contributed by atoms with E-state index in [1.807, 2.05) is 0 Å². The van der Waals surface area contributed by atoms with Crippen LogP contribution >= 0.6 is 0 Å². The molecular formula is C20H32. The maximum absolute atomic E-state index is 4.27. The first kappa shape index (κ1) is 15.6. The molecule has 1 fully saturated rings. The van der Waals surface area contributed by atoms with Crippen LogP contribution in [0.25, 0.3) is 0 Å². The van der Waals surface area contributed by atoms with Crippen LogP contribution in [-0.4, -0.2) is 0 Å². The van der Waals surface area contributed by atoms with Crippen LogP contribution in [0.5, 0.6) is 0 Å². The summed E-state index contributed by atoms with van der Waals surface area (Å²) in [5.41, 5.74) is 3.38. The van der Waals surface area contributed by atoms with Gasteiger partial charge in [-0.2, -0.15) is 0 Å². The molecule has 0 radical (unpaired) electrons. The van der Waals surface area contributed by atoms with E-state index in [4.69, 9.17) is 0 Å². The first-order valence-corrected chi connectivity index (χ1v) is 8.43. The fourth-order valence-corrected chi connectivity index (χ4v) is 4.20. The molecule has 20 heavy (non-hydrogen) atoms. The molecule has 0 saturated heterocycles. The van der Waals surface area contributed by atoms with E-state index < -0.39 is 0 Å². The minimum absolute atomic E-state index is 0.391. The molecule has 0 aliphatic heterocycles. The fraction of sp³-hybridized carbons (Fsp3) is 0.700. The zero-order valence-corrected chi connectivity index (χ0v) is 13.9. The smallest absolute Gasteiger partial charge is 0.0112 e. The molecule has 1 saturated carbocycles. The summed E-state index contributed by atoms with van der Waals surface area (Å²) >= 11 is 0. The minimum atomic E-state index is 0.391. The Morgan fingerprint density at radius 3 is 2.75 bits per heavy atom. The van der Waals surface area contributed by atoms with Crippen molar-refractivity contribution >= 4 is 0 Å². The molecule has 112 valence electrons. The zero-order valence-electron chi connectivity index (χ0n) is 13.9. The van der Waals surface area contributed by atoms with E-state index in [-0.39, 0.29) is 0 Å². The average Bonchev–Trinajstić information content (AvgIpc) is 2.70. The van der Waals surface area contributed by atoms with Crippen LogP contribution in [0.15, 0.2) is 36.0 Å². The second kappa shape index (κ2) is 6.33. The summed E-state index contributed by atoms with van der Waals surface area (Å²) in [6.07, 6.45) is 15.3. The van der Waals surface area contributed by atoms with Gasteiger partial charge in [-0.3, -0.25) is 0 Å². The van der Waals surface area contributed by atoms with E-state index in [9.17, 15) is 0 Å². The highest BCUT2D eigenvalue weighted by Gasteiger charge is 2.43. The summed E-state index contributed by atoms with van der Waals surface area (Å²) in [6.45, 7) is 13.7. The van der Waals surface area contributed by atoms with Gasteiger partial charge in [0.25, 0.3) is 0 Å². The van der Waals surface area contributed by atoms with E-state index in [0.29, 0.717) is 11.3 Å². The lowest BCUT2D eigenvalue weighted by atomic mass is 9.72. The third-order valence-electron chi connectivity index (χ3n) is 5.73. The lowest BCUT2D eigenvalue weighted by Gasteiger charge is -2.32. The Hall–Kier alpha value is -0.780. The lowest BCUT2D eigenvalue weighted by molar-refractivity contribution is 0.254. The van der Waals surface area contributed by atoms with Gasteiger partial charge >= 0.3 is 0 Å². The number of hydrogen-bond acceptors (Lipinski definition) is 0. The van der Waals surface area contributed by atoms with Crippen molar-refractivity contribution in [3.05, 3.63) is 36.0 Å². The number of rotatable bonds is 1. The summed E-state index contributed by atoms with van der Waals surface area (Å²) in [6, 6.07) is 0. The third kappa shape index (κ3) is 3.45. The minimum Gasteiger partial charge on any atom is -0.0998 e. The largest absolute Gasteiger partial charge is 0.0998 e. The number of hydrogen-bond donors (Lipinski definition) is 0. The van der Waals surface area contributed by atoms with Gasteiger partial charge in [-0.15, -0.1) is 0 Å². The van der Waals surface area contributed by atoms with E-state index in [2.05, 4.69) is 52.5 Å². The molecule has 0 bridgehead atoms. The molecule has 0 nitrogen and oxygen atoms in total. The maximum Gasteiger partial charge on any atom is -0.0112 e. The van der Waals surface area contributed by atoms with Gasteiger partial charge in [0.2, 0.25) is 0 Å². The number of fused-ring (bicyclic) bond motifs is 1. The molecule has 0 aromatic heterocycles. The van der Waals surface area contributed by atoms with Crippen LogP contribution in [0.1, 0.15) is 66.2 Å². The van der Waals surface area contributed by atoms with Gasteiger partial charge in [0.15, 0.2) is 0 Å². The van der Waals surface area contributed by atoms with Crippen molar-refractivity contribution in [1.29, 1.82) is 0 Å². The SMILES string of the molecule is C=C(C)[C@@H]1CC[C@]2(C)/C=C/[C@H](C)CCC=C(C)CC[C@@H]12. The molecule has 0 aromatic rings. The van der Waals surface area contributed by atoms with Crippen LogP contribution in [0.3, 0.4) is 0 Å². The van der Waals surface area contributed by atoms with Crippen molar-refractivity contribution in [3.8, 4) is 0 Å². The van der Waals surface area contributed by atoms with Gasteiger partial charge in [0.05, 0.1) is 0 Å². The van der Waals surface area contributed by atoms with Crippen LogP contribution in [-0.2, 0) is 0 Å².